The molecule has 0 atom stereocenters. The van der Waals surface area contributed by atoms with Gasteiger partial charge in [0.15, 0.2) is 0 Å². The lowest BCUT2D eigenvalue weighted by atomic mass is 10.1. The highest BCUT2D eigenvalue weighted by atomic mass is 32.1. The van der Waals surface area contributed by atoms with Gasteiger partial charge >= 0.3 is 0 Å². The highest BCUT2D eigenvalue weighted by Gasteiger charge is 2.17. The lowest BCUT2D eigenvalue weighted by Gasteiger charge is -2.19. The van der Waals surface area contributed by atoms with Crippen LogP contribution in [0.5, 0.6) is 0 Å². The van der Waals surface area contributed by atoms with Crippen LogP contribution in [0.4, 0.5) is 0 Å². The van der Waals surface area contributed by atoms with Gasteiger partial charge in [-0.1, -0.05) is 26.7 Å². The van der Waals surface area contributed by atoms with E-state index in [4.69, 9.17) is 0 Å². The monoisotopic (exact) mass is 294 g/mol. The maximum atomic E-state index is 3.52. The van der Waals surface area contributed by atoms with E-state index in [1.807, 2.05) is 11.3 Å². The Kier molecular flexibility index (Phi) is 6.53. The summed E-state index contributed by atoms with van der Waals surface area (Å²) in [6, 6.07) is 4.60. The van der Waals surface area contributed by atoms with E-state index in [0.717, 1.165) is 31.5 Å². The molecule has 0 spiro atoms. The molecule has 3 heteroatoms. The molecule has 1 aliphatic rings. The molecule has 0 aliphatic heterocycles. The number of nitrogens with zero attached hydrogens (tertiary/aromatic N) is 1. The first-order valence-electron chi connectivity index (χ1n) is 8.10. The number of thiophene rings is 1. The molecule has 1 aromatic heterocycles. The molecule has 0 aromatic carbocycles. The minimum absolute atomic E-state index is 0.729. The minimum atomic E-state index is 0.729. The lowest BCUT2D eigenvalue weighted by Crippen LogP contribution is -2.23. The molecule has 0 unspecified atom stereocenters. The third-order valence-electron chi connectivity index (χ3n) is 4.04. The zero-order valence-electron chi connectivity index (χ0n) is 13.3. The number of hydrogen-bond acceptors (Lipinski definition) is 3. The molecule has 1 aromatic rings. The van der Waals surface area contributed by atoms with Crippen LogP contribution in [0, 0.1) is 11.8 Å². The van der Waals surface area contributed by atoms with Crippen LogP contribution in [0.3, 0.4) is 0 Å². The summed E-state index contributed by atoms with van der Waals surface area (Å²) in [6.45, 7) is 9.03. The Bertz CT molecular complexity index is 380. The highest BCUT2D eigenvalue weighted by molar-refractivity contribution is 7.11. The predicted molar refractivity (Wildman–Crippen MR) is 89.2 cm³/mol. The van der Waals surface area contributed by atoms with Crippen molar-refractivity contribution >= 4 is 11.3 Å². The second-order valence-corrected chi connectivity index (χ2v) is 7.99. The van der Waals surface area contributed by atoms with Gasteiger partial charge in [0.25, 0.3) is 0 Å². The Balaban J connectivity index is 1.71. The Labute approximate surface area is 128 Å². The van der Waals surface area contributed by atoms with Gasteiger partial charge in [0.2, 0.25) is 0 Å². The van der Waals surface area contributed by atoms with Gasteiger partial charge in [0, 0.05) is 29.4 Å². The first kappa shape index (κ1) is 16.0. The Hall–Kier alpha value is -0.380. The van der Waals surface area contributed by atoms with E-state index in [-0.39, 0.29) is 0 Å². The van der Waals surface area contributed by atoms with Crippen LogP contribution in [0.2, 0.25) is 0 Å². The summed E-state index contributed by atoms with van der Waals surface area (Å²) in [5.41, 5.74) is 0. The van der Waals surface area contributed by atoms with Crippen molar-refractivity contribution in [3.8, 4) is 0 Å². The van der Waals surface area contributed by atoms with Crippen LogP contribution in [-0.4, -0.2) is 25.0 Å². The van der Waals surface area contributed by atoms with Gasteiger partial charge in [-0.25, -0.2) is 0 Å². The molecule has 1 fully saturated rings. The standard InChI is InChI=1S/C17H30N2S/c1-14(2)10-18-11-16-8-9-17(20-16)13-19(3)12-15-6-4-5-7-15/h8-9,14-15,18H,4-7,10-13H2,1-3H3. The van der Waals surface area contributed by atoms with Gasteiger partial charge in [-0.15, -0.1) is 11.3 Å². The lowest BCUT2D eigenvalue weighted by molar-refractivity contribution is 0.273. The van der Waals surface area contributed by atoms with E-state index >= 15 is 0 Å². The molecule has 20 heavy (non-hydrogen) atoms. The molecule has 114 valence electrons. The van der Waals surface area contributed by atoms with E-state index < -0.39 is 0 Å². The number of hydrogen-bond donors (Lipinski definition) is 1. The van der Waals surface area contributed by atoms with Gasteiger partial charge in [0.1, 0.15) is 0 Å². The molecular weight excluding hydrogens is 264 g/mol. The van der Waals surface area contributed by atoms with Crippen molar-refractivity contribution < 1.29 is 0 Å². The van der Waals surface area contributed by atoms with Crippen molar-refractivity contribution in [2.75, 3.05) is 20.1 Å². The van der Waals surface area contributed by atoms with Crippen LogP contribution in [0.1, 0.15) is 49.3 Å². The highest BCUT2D eigenvalue weighted by Crippen LogP contribution is 2.26. The molecule has 1 aliphatic carbocycles. The SMILES string of the molecule is CC(C)CNCc1ccc(CN(C)CC2CCCC2)s1. The van der Waals surface area contributed by atoms with Gasteiger partial charge in [0.05, 0.1) is 0 Å². The number of rotatable bonds is 8. The average molecular weight is 295 g/mol. The summed E-state index contributed by atoms with van der Waals surface area (Å²) in [6.07, 6.45) is 5.78. The van der Waals surface area contributed by atoms with Crippen molar-refractivity contribution in [1.29, 1.82) is 0 Å². The van der Waals surface area contributed by atoms with Crippen LogP contribution in [0.25, 0.3) is 0 Å². The average Bonchev–Trinajstić information content (AvgIpc) is 3.01. The fraction of sp³-hybridized carbons (Fsp3) is 0.765. The molecule has 0 amide bonds. The van der Waals surface area contributed by atoms with E-state index in [9.17, 15) is 0 Å². The van der Waals surface area contributed by atoms with Crippen molar-refractivity contribution in [2.45, 2.75) is 52.6 Å². The van der Waals surface area contributed by atoms with Crippen LogP contribution in [-0.2, 0) is 13.1 Å². The van der Waals surface area contributed by atoms with E-state index in [0.29, 0.717) is 0 Å². The Morgan fingerprint density at radius 3 is 2.65 bits per heavy atom. The Morgan fingerprint density at radius 1 is 1.25 bits per heavy atom. The zero-order valence-corrected chi connectivity index (χ0v) is 14.1. The van der Waals surface area contributed by atoms with Crippen LogP contribution >= 0.6 is 11.3 Å². The molecule has 1 heterocycles. The van der Waals surface area contributed by atoms with E-state index in [2.05, 4.69) is 43.2 Å². The molecule has 0 bridgehead atoms. The summed E-state index contributed by atoms with van der Waals surface area (Å²) in [7, 11) is 2.27. The second kappa shape index (κ2) is 8.16. The largest absolute Gasteiger partial charge is 0.312 e. The fourth-order valence-electron chi connectivity index (χ4n) is 3.05. The van der Waals surface area contributed by atoms with Gasteiger partial charge in [-0.2, -0.15) is 0 Å². The van der Waals surface area contributed by atoms with Gasteiger partial charge in [-0.3, -0.25) is 0 Å². The normalized spacial score (nSPS) is 16.6. The fourth-order valence-corrected chi connectivity index (χ4v) is 4.12. The molecular formula is C17H30N2S. The zero-order chi connectivity index (χ0) is 14.4. The van der Waals surface area contributed by atoms with Crippen molar-refractivity contribution in [3.63, 3.8) is 0 Å². The number of nitrogens with one attached hydrogen (secondary N) is 1. The minimum Gasteiger partial charge on any atom is -0.312 e. The summed E-state index contributed by atoms with van der Waals surface area (Å²) < 4.78 is 0. The Morgan fingerprint density at radius 2 is 1.95 bits per heavy atom. The van der Waals surface area contributed by atoms with Crippen molar-refractivity contribution in [2.24, 2.45) is 11.8 Å². The molecule has 0 radical (unpaired) electrons. The third-order valence-corrected chi connectivity index (χ3v) is 5.11. The van der Waals surface area contributed by atoms with Crippen LogP contribution < -0.4 is 5.32 Å². The first-order chi connectivity index (χ1) is 9.63. The summed E-state index contributed by atoms with van der Waals surface area (Å²) in [4.78, 5) is 5.48. The topological polar surface area (TPSA) is 15.3 Å². The summed E-state index contributed by atoms with van der Waals surface area (Å²) in [5.74, 6) is 1.68. The van der Waals surface area contributed by atoms with E-state index in [1.165, 1.54) is 42.0 Å². The summed E-state index contributed by atoms with van der Waals surface area (Å²) >= 11 is 1.97. The van der Waals surface area contributed by atoms with Gasteiger partial charge < -0.3 is 10.2 Å². The molecule has 2 nitrogen and oxygen atoms in total. The van der Waals surface area contributed by atoms with E-state index in [1.54, 1.807) is 0 Å². The first-order valence-corrected chi connectivity index (χ1v) is 8.92. The predicted octanol–water partition coefficient (Wildman–Crippen LogP) is 4.12. The quantitative estimate of drug-likeness (QED) is 0.776. The molecule has 2 rings (SSSR count). The molecule has 0 saturated heterocycles. The summed E-state index contributed by atoms with van der Waals surface area (Å²) in [5, 5.41) is 3.52. The van der Waals surface area contributed by atoms with Crippen molar-refractivity contribution in [3.05, 3.63) is 21.9 Å². The molecule has 1 saturated carbocycles. The second-order valence-electron chi connectivity index (χ2n) is 6.74. The van der Waals surface area contributed by atoms with Crippen molar-refractivity contribution in [1.82, 2.24) is 10.2 Å². The maximum absolute atomic E-state index is 3.52. The smallest absolute Gasteiger partial charge is 0.0325 e. The maximum Gasteiger partial charge on any atom is 0.0325 e. The van der Waals surface area contributed by atoms with Gasteiger partial charge in [-0.05, 0) is 50.4 Å². The third kappa shape index (κ3) is 5.55. The molecule has 1 N–H and O–H groups in total. The van der Waals surface area contributed by atoms with Crippen LogP contribution in [0.15, 0.2) is 12.1 Å².